The summed E-state index contributed by atoms with van der Waals surface area (Å²) in [7, 11) is 4.34. The van der Waals surface area contributed by atoms with Crippen LogP contribution in [0.1, 0.15) is 16.7 Å². The monoisotopic (exact) mass is 311 g/mol. The number of likely N-dealkylation sites (N-methyl/N-ethyl adjacent to an activating group) is 1. The van der Waals surface area contributed by atoms with E-state index in [1.807, 2.05) is 0 Å². The van der Waals surface area contributed by atoms with Crippen molar-refractivity contribution < 1.29 is 0 Å². The first-order chi connectivity index (χ1) is 11.8. The summed E-state index contributed by atoms with van der Waals surface area (Å²) in [6, 6.07) is 32.3. The number of benzene rings is 3. The van der Waals surface area contributed by atoms with Crippen LogP contribution in [0.3, 0.4) is 0 Å². The first-order valence-corrected chi connectivity index (χ1v) is 8.35. The van der Waals surface area contributed by atoms with E-state index in [-0.39, 0.29) is 5.54 Å². The lowest BCUT2D eigenvalue weighted by molar-refractivity contribution is 0.318. The van der Waals surface area contributed by atoms with Crippen molar-refractivity contribution in [3.05, 3.63) is 108 Å². The van der Waals surface area contributed by atoms with Crippen molar-refractivity contribution in [3.8, 4) is 0 Å². The van der Waals surface area contributed by atoms with Gasteiger partial charge in [0.25, 0.3) is 0 Å². The molecule has 0 bridgehead atoms. The van der Waals surface area contributed by atoms with E-state index in [0.29, 0.717) is 0 Å². The van der Waals surface area contributed by atoms with Gasteiger partial charge in [-0.05, 0) is 41.9 Å². The Bertz CT molecular complexity index is 812. The Labute approximate surface area is 143 Å². The fraction of sp³-hybridized carbons (Fsp3) is 0.130. The van der Waals surface area contributed by atoms with Crippen LogP contribution in [-0.2, 0) is 5.54 Å². The minimum atomic E-state index is -0.149. The molecule has 0 fully saturated rings. The molecule has 1 nitrogen and oxygen atoms in total. The summed E-state index contributed by atoms with van der Waals surface area (Å²) in [5, 5.41) is 0. The SMILES string of the molecule is CN(C)C1(c2ccccc2)C(c2ccccc2)=C1c1ccccc1. The van der Waals surface area contributed by atoms with E-state index in [2.05, 4.69) is 110 Å². The highest BCUT2D eigenvalue weighted by Crippen LogP contribution is 2.65. The largest absolute Gasteiger partial charge is 0.292 e. The zero-order valence-corrected chi connectivity index (χ0v) is 14.1. The van der Waals surface area contributed by atoms with Gasteiger partial charge in [-0.25, -0.2) is 0 Å². The fourth-order valence-corrected chi connectivity index (χ4v) is 3.86. The molecule has 0 spiro atoms. The van der Waals surface area contributed by atoms with Crippen molar-refractivity contribution >= 4 is 11.1 Å². The Kier molecular flexibility index (Phi) is 3.59. The molecule has 0 amide bonds. The van der Waals surface area contributed by atoms with E-state index < -0.39 is 0 Å². The van der Waals surface area contributed by atoms with Crippen molar-refractivity contribution in [2.45, 2.75) is 5.54 Å². The lowest BCUT2D eigenvalue weighted by atomic mass is 9.92. The van der Waals surface area contributed by atoms with Crippen molar-refractivity contribution in [1.29, 1.82) is 0 Å². The van der Waals surface area contributed by atoms with Crippen LogP contribution >= 0.6 is 0 Å². The van der Waals surface area contributed by atoms with Gasteiger partial charge in [0.15, 0.2) is 0 Å². The van der Waals surface area contributed by atoms with E-state index in [4.69, 9.17) is 0 Å². The van der Waals surface area contributed by atoms with E-state index in [9.17, 15) is 0 Å². The Morgan fingerprint density at radius 2 is 0.917 bits per heavy atom. The molecule has 1 aliphatic rings. The first kappa shape index (κ1) is 14.9. The average molecular weight is 311 g/mol. The molecule has 118 valence electrons. The molecule has 0 N–H and O–H groups in total. The molecule has 1 aliphatic carbocycles. The average Bonchev–Trinajstić information content (AvgIpc) is 3.35. The Balaban J connectivity index is 1.95. The molecule has 0 saturated heterocycles. The molecule has 4 rings (SSSR count). The zero-order chi connectivity index (χ0) is 16.6. The Morgan fingerprint density at radius 3 is 1.29 bits per heavy atom. The van der Waals surface area contributed by atoms with Crippen molar-refractivity contribution in [2.75, 3.05) is 14.1 Å². The van der Waals surface area contributed by atoms with Crippen molar-refractivity contribution in [3.63, 3.8) is 0 Å². The fourth-order valence-electron chi connectivity index (χ4n) is 3.86. The summed E-state index contributed by atoms with van der Waals surface area (Å²) < 4.78 is 0. The maximum atomic E-state index is 2.34. The van der Waals surface area contributed by atoms with Gasteiger partial charge in [-0.15, -0.1) is 0 Å². The lowest BCUT2D eigenvalue weighted by Crippen LogP contribution is -2.32. The molecule has 0 saturated carbocycles. The van der Waals surface area contributed by atoms with E-state index in [0.717, 1.165) is 0 Å². The molecular weight excluding hydrogens is 290 g/mol. The summed E-state index contributed by atoms with van der Waals surface area (Å²) in [4.78, 5) is 2.34. The standard InChI is InChI=1S/C23H21N/c1-24(2)23(20-16-10-5-11-17-20)21(18-12-6-3-7-13-18)22(23)19-14-8-4-9-15-19/h3-17H,1-2H3. The van der Waals surface area contributed by atoms with Gasteiger partial charge in [-0.1, -0.05) is 91.0 Å². The van der Waals surface area contributed by atoms with Crippen LogP contribution in [0.25, 0.3) is 11.1 Å². The third-order valence-electron chi connectivity index (χ3n) is 4.90. The smallest absolute Gasteiger partial charge is 0.0987 e. The molecule has 1 heteroatoms. The summed E-state index contributed by atoms with van der Waals surface area (Å²) in [6.07, 6.45) is 0. The van der Waals surface area contributed by atoms with Gasteiger partial charge in [-0.2, -0.15) is 0 Å². The second-order valence-corrected chi connectivity index (χ2v) is 6.45. The van der Waals surface area contributed by atoms with Gasteiger partial charge in [0.2, 0.25) is 0 Å². The topological polar surface area (TPSA) is 3.24 Å². The van der Waals surface area contributed by atoms with Crippen LogP contribution < -0.4 is 0 Å². The molecule has 3 aromatic rings. The highest BCUT2D eigenvalue weighted by Gasteiger charge is 2.57. The maximum absolute atomic E-state index is 2.34. The molecule has 3 aromatic carbocycles. The first-order valence-electron chi connectivity index (χ1n) is 8.35. The Morgan fingerprint density at radius 1 is 0.542 bits per heavy atom. The maximum Gasteiger partial charge on any atom is 0.0987 e. The summed E-state index contributed by atoms with van der Waals surface area (Å²) in [5.41, 5.74) is 6.59. The third kappa shape index (κ3) is 2.13. The van der Waals surface area contributed by atoms with Gasteiger partial charge >= 0.3 is 0 Å². The van der Waals surface area contributed by atoms with Crippen LogP contribution in [0.15, 0.2) is 91.0 Å². The highest BCUT2D eigenvalue weighted by atomic mass is 15.2. The predicted octanol–water partition coefficient (Wildman–Crippen LogP) is 5.07. The number of nitrogens with zero attached hydrogens (tertiary/aromatic N) is 1. The van der Waals surface area contributed by atoms with Crippen LogP contribution in [0.2, 0.25) is 0 Å². The summed E-state index contributed by atoms with van der Waals surface area (Å²) in [6.45, 7) is 0. The van der Waals surface area contributed by atoms with Gasteiger partial charge in [-0.3, -0.25) is 4.90 Å². The minimum Gasteiger partial charge on any atom is -0.292 e. The summed E-state index contributed by atoms with van der Waals surface area (Å²) in [5.74, 6) is 0. The van der Waals surface area contributed by atoms with Crippen LogP contribution in [0.4, 0.5) is 0 Å². The molecule has 0 heterocycles. The highest BCUT2D eigenvalue weighted by molar-refractivity contribution is 6.18. The number of hydrogen-bond donors (Lipinski definition) is 0. The zero-order valence-electron chi connectivity index (χ0n) is 14.1. The number of rotatable bonds is 4. The molecule has 0 aliphatic heterocycles. The minimum absolute atomic E-state index is 0.149. The van der Waals surface area contributed by atoms with Crippen LogP contribution in [0.5, 0.6) is 0 Å². The second kappa shape index (κ2) is 5.77. The van der Waals surface area contributed by atoms with E-state index in [1.54, 1.807) is 0 Å². The lowest BCUT2D eigenvalue weighted by Gasteiger charge is -2.29. The summed E-state index contributed by atoms with van der Waals surface area (Å²) >= 11 is 0. The quantitative estimate of drug-likeness (QED) is 0.650. The molecule has 0 atom stereocenters. The van der Waals surface area contributed by atoms with Crippen molar-refractivity contribution in [2.24, 2.45) is 0 Å². The molecule has 24 heavy (non-hydrogen) atoms. The molecule has 0 aromatic heterocycles. The van der Waals surface area contributed by atoms with E-state index >= 15 is 0 Å². The van der Waals surface area contributed by atoms with Gasteiger partial charge in [0, 0.05) is 0 Å². The normalized spacial score (nSPS) is 15.6. The van der Waals surface area contributed by atoms with Gasteiger partial charge in [0.05, 0.1) is 5.54 Å². The number of hydrogen-bond acceptors (Lipinski definition) is 1. The predicted molar refractivity (Wildman–Crippen MR) is 102 cm³/mol. The Hall–Kier alpha value is -2.64. The third-order valence-corrected chi connectivity index (χ3v) is 4.90. The van der Waals surface area contributed by atoms with Gasteiger partial charge < -0.3 is 0 Å². The van der Waals surface area contributed by atoms with Crippen LogP contribution in [-0.4, -0.2) is 19.0 Å². The second-order valence-electron chi connectivity index (χ2n) is 6.45. The molecular formula is C23H21N. The van der Waals surface area contributed by atoms with Gasteiger partial charge in [0.1, 0.15) is 0 Å². The molecule has 0 radical (unpaired) electrons. The van der Waals surface area contributed by atoms with Crippen molar-refractivity contribution in [1.82, 2.24) is 4.90 Å². The van der Waals surface area contributed by atoms with Crippen LogP contribution in [0, 0.1) is 0 Å². The van der Waals surface area contributed by atoms with E-state index in [1.165, 1.54) is 27.8 Å². The molecule has 0 unspecified atom stereocenters.